The van der Waals surface area contributed by atoms with Crippen LogP contribution < -0.4 is 21.7 Å². The van der Waals surface area contributed by atoms with Crippen LogP contribution in [0.15, 0.2) is 0 Å². The van der Waals surface area contributed by atoms with Crippen molar-refractivity contribution in [2.45, 2.75) is 57.3 Å². The van der Waals surface area contributed by atoms with Crippen molar-refractivity contribution < 1.29 is 34.2 Å². The molecule has 0 rings (SSSR count). The Morgan fingerprint density at radius 3 is 1.53 bits per heavy atom. The summed E-state index contributed by atoms with van der Waals surface area (Å²) in [6, 6.07) is -4.47. The lowest BCUT2D eigenvalue weighted by Crippen LogP contribution is -2.57. The molecule has 0 spiro atoms. The molecule has 0 fully saturated rings. The van der Waals surface area contributed by atoms with Crippen LogP contribution in [0.25, 0.3) is 0 Å². The van der Waals surface area contributed by atoms with E-state index in [1.54, 1.807) is 20.1 Å². The average molecular weight is 495 g/mol. The van der Waals surface area contributed by atoms with E-state index in [1.807, 2.05) is 6.26 Å². The Morgan fingerprint density at radius 1 is 0.781 bits per heavy atom. The molecular formula is C19H34N4O7S2. The van der Waals surface area contributed by atoms with Gasteiger partial charge in [-0.05, 0) is 42.8 Å². The van der Waals surface area contributed by atoms with Gasteiger partial charge in [0.2, 0.25) is 17.7 Å². The van der Waals surface area contributed by atoms with Crippen molar-refractivity contribution in [1.82, 2.24) is 16.0 Å². The first-order valence-corrected chi connectivity index (χ1v) is 12.8. The molecule has 7 N–H and O–H groups in total. The van der Waals surface area contributed by atoms with E-state index in [0.29, 0.717) is 17.9 Å². The lowest BCUT2D eigenvalue weighted by atomic mass is 10.0. The number of nitrogens with one attached hydrogen (secondary N) is 3. The number of hydrogen-bond acceptors (Lipinski definition) is 8. The van der Waals surface area contributed by atoms with Crippen molar-refractivity contribution in [2.75, 3.05) is 24.0 Å². The second-order valence-corrected chi connectivity index (χ2v) is 9.42. The van der Waals surface area contributed by atoms with Crippen molar-refractivity contribution >= 4 is 53.2 Å². The number of rotatable bonds is 16. The number of carboxylic acid groups (broad SMARTS) is 2. The maximum atomic E-state index is 12.9. The molecule has 4 unspecified atom stereocenters. The summed E-state index contributed by atoms with van der Waals surface area (Å²) in [6.45, 7) is 3.56. The first-order valence-electron chi connectivity index (χ1n) is 10.0. The summed E-state index contributed by atoms with van der Waals surface area (Å²) in [6.07, 6.45) is 3.34. The van der Waals surface area contributed by atoms with Crippen molar-refractivity contribution in [3.05, 3.63) is 0 Å². The lowest BCUT2D eigenvalue weighted by molar-refractivity contribution is -0.147. The van der Waals surface area contributed by atoms with E-state index in [9.17, 15) is 24.0 Å². The van der Waals surface area contributed by atoms with Gasteiger partial charge < -0.3 is 31.9 Å². The standard InChI is InChI=1S/C19H34N4O7S2/c1-10(2)15(20)18(28)22-12(6-8-32-4)16(26)21-11(5-7-31-3)17(27)23-13(19(29)30)9-14(24)25/h10-13,15H,5-9,20H2,1-4H3,(H,21,26)(H,22,28)(H,23,27)(H,24,25)(H,29,30). The molecule has 32 heavy (non-hydrogen) atoms. The fourth-order valence-electron chi connectivity index (χ4n) is 2.50. The number of carbonyl (C=O) groups excluding carboxylic acids is 3. The second kappa shape index (κ2) is 15.8. The highest BCUT2D eigenvalue weighted by molar-refractivity contribution is 7.98. The Morgan fingerprint density at radius 2 is 1.19 bits per heavy atom. The molecule has 4 atom stereocenters. The number of nitrogens with two attached hydrogens (primary N) is 1. The van der Waals surface area contributed by atoms with Gasteiger partial charge in [-0.2, -0.15) is 23.5 Å². The smallest absolute Gasteiger partial charge is 0.326 e. The van der Waals surface area contributed by atoms with Gasteiger partial charge in [-0.25, -0.2) is 4.79 Å². The van der Waals surface area contributed by atoms with Crippen molar-refractivity contribution in [2.24, 2.45) is 11.7 Å². The highest BCUT2D eigenvalue weighted by Gasteiger charge is 2.31. The average Bonchev–Trinajstić information content (AvgIpc) is 2.71. The highest BCUT2D eigenvalue weighted by Crippen LogP contribution is 2.07. The van der Waals surface area contributed by atoms with Crippen LogP contribution in [0.3, 0.4) is 0 Å². The van der Waals surface area contributed by atoms with Crippen LogP contribution >= 0.6 is 23.5 Å². The van der Waals surface area contributed by atoms with Gasteiger partial charge in [-0.1, -0.05) is 13.8 Å². The van der Waals surface area contributed by atoms with Crippen molar-refractivity contribution in [1.29, 1.82) is 0 Å². The molecule has 0 saturated heterocycles. The van der Waals surface area contributed by atoms with Crippen LogP contribution in [-0.2, 0) is 24.0 Å². The first-order chi connectivity index (χ1) is 14.9. The fourth-order valence-corrected chi connectivity index (χ4v) is 3.44. The molecule has 0 aliphatic rings. The fraction of sp³-hybridized carbons (Fsp3) is 0.737. The molecule has 0 saturated carbocycles. The summed E-state index contributed by atoms with van der Waals surface area (Å²) in [5.74, 6) is -3.87. The topological polar surface area (TPSA) is 188 Å². The lowest BCUT2D eigenvalue weighted by Gasteiger charge is -2.25. The summed E-state index contributed by atoms with van der Waals surface area (Å²) in [7, 11) is 0. The molecule has 0 aliphatic carbocycles. The van der Waals surface area contributed by atoms with E-state index in [0.717, 1.165) is 0 Å². The van der Waals surface area contributed by atoms with Crippen LogP contribution in [0, 0.1) is 5.92 Å². The van der Waals surface area contributed by atoms with Gasteiger partial charge in [0.1, 0.15) is 18.1 Å². The maximum absolute atomic E-state index is 12.9. The summed E-state index contributed by atoms with van der Waals surface area (Å²) in [5.41, 5.74) is 5.86. The third kappa shape index (κ3) is 11.6. The Hall–Kier alpha value is -1.99. The Kier molecular flexibility index (Phi) is 14.8. The molecule has 0 radical (unpaired) electrons. The normalized spacial score (nSPS) is 14.7. The molecule has 0 aromatic heterocycles. The number of hydrogen-bond donors (Lipinski definition) is 6. The van der Waals surface area contributed by atoms with Gasteiger partial charge in [0.25, 0.3) is 0 Å². The van der Waals surface area contributed by atoms with Crippen LogP contribution in [-0.4, -0.2) is 88.1 Å². The first kappa shape index (κ1) is 30.0. The summed E-state index contributed by atoms with van der Waals surface area (Å²) in [5, 5.41) is 25.4. The number of carboxylic acids is 2. The SMILES string of the molecule is CSCCC(NC(=O)C(CCSC)NC(=O)C(N)C(C)C)C(=O)NC(CC(=O)O)C(=O)O. The monoisotopic (exact) mass is 494 g/mol. The molecular weight excluding hydrogens is 460 g/mol. The molecule has 0 aromatic carbocycles. The number of aliphatic carboxylic acids is 2. The second-order valence-electron chi connectivity index (χ2n) is 7.45. The molecule has 3 amide bonds. The van der Waals surface area contributed by atoms with E-state index in [-0.39, 0.29) is 12.3 Å². The zero-order chi connectivity index (χ0) is 24.8. The minimum Gasteiger partial charge on any atom is -0.481 e. The largest absolute Gasteiger partial charge is 0.481 e. The minimum atomic E-state index is -1.63. The van der Waals surface area contributed by atoms with E-state index < -0.39 is 60.2 Å². The van der Waals surface area contributed by atoms with Gasteiger partial charge in [-0.3, -0.25) is 19.2 Å². The van der Waals surface area contributed by atoms with Gasteiger partial charge in [0.15, 0.2) is 0 Å². The Balaban J connectivity index is 5.44. The third-order valence-electron chi connectivity index (χ3n) is 4.50. The van der Waals surface area contributed by atoms with E-state index in [2.05, 4.69) is 16.0 Å². The zero-order valence-corrected chi connectivity index (χ0v) is 20.4. The number of amides is 3. The molecule has 11 nitrogen and oxygen atoms in total. The number of thioether (sulfide) groups is 2. The summed E-state index contributed by atoms with van der Waals surface area (Å²) in [4.78, 5) is 60.0. The Labute approximate surface area is 196 Å². The van der Waals surface area contributed by atoms with E-state index >= 15 is 0 Å². The quantitative estimate of drug-likeness (QED) is 0.163. The predicted molar refractivity (Wildman–Crippen MR) is 124 cm³/mol. The molecule has 0 bridgehead atoms. The summed E-state index contributed by atoms with van der Waals surface area (Å²) >= 11 is 2.90. The van der Waals surface area contributed by atoms with Gasteiger partial charge in [0, 0.05) is 0 Å². The van der Waals surface area contributed by atoms with Gasteiger partial charge in [0.05, 0.1) is 12.5 Å². The molecule has 0 aromatic rings. The Bertz CT molecular complexity index is 664. The zero-order valence-electron chi connectivity index (χ0n) is 18.8. The maximum Gasteiger partial charge on any atom is 0.326 e. The van der Waals surface area contributed by atoms with E-state index in [4.69, 9.17) is 15.9 Å². The third-order valence-corrected chi connectivity index (χ3v) is 5.79. The van der Waals surface area contributed by atoms with Crippen LogP contribution in [0.4, 0.5) is 0 Å². The van der Waals surface area contributed by atoms with Crippen LogP contribution in [0.5, 0.6) is 0 Å². The van der Waals surface area contributed by atoms with Crippen molar-refractivity contribution in [3.8, 4) is 0 Å². The van der Waals surface area contributed by atoms with Crippen LogP contribution in [0.2, 0.25) is 0 Å². The van der Waals surface area contributed by atoms with Crippen molar-refractivity contribution in [3.63, 3.8) is 0 Å². The van der Waals surface area contributed by atoms with Gasteiger partial charge in [-0.15, -0.1) is 0 Å². The van der Waals surface area contributed by atoms with E-state index in [1.165, 1.54) is 23.5 Å². The predicted octanol–water partition coefficient (Wildman–Crippen LogP) is -0.510. The molecule has 184 valence electrons. The number of carbonyl (C=O) groups is 5. The minimum absolute atomic E-state index is 0.137. The van der Waals surface area contributed by atoms with Gasteiger partial charge >= 0.3 is 11.9 Å². The summed E-state index contributed by atoms with van der Waals surface area (Å²) < 4.78 is 0. The van der Waals surface area contributed by atoms with Crippen LogP contribution in [0.1, 0.15) is 33.1 Å². The molecule has 0 aliphatic heterocycles. The highest BCUT2D eigenvalue weighted by atomic mass is 32.2. The molecule has 0 heterocycles. The molecule has 13 heteroatoms.